The second-order valence-electron chi connectivity index (χ2n) is 7.15. The van der Waals surface area contributed by atoms with Gasteiger partial charge < -0.3 is 20.5 Å². The largest absolute Gasteiger partial charge is 0.358 e. The molecule has 3 aromatic rings. The summed E-state index contributed by atoms with van der Waals surface area (Å²) < 4.78 is 0. The van der Waals surface area contributed by atoms with Crippen molar-refractivity contribution in [1.82, 2.24) is 9.88 Å². The fraction of sp³-hybridized carbons (Fsp3) is 0.286. The number of aromatic nitrogens is 1. The number of nitrogens with zero attached hydrogens (tertiary/aromatic N) is 1. The molecule has 1 atom stereocenters. The highest BCUT2D eigenvalue weighted by atomic mass is 32.1. The molecule has 0 bridgehead atoms. The summed E-state index contributed by atoms with van der Waals surface area (Å²) in [6.07, 6.45) is 3.42. The Labute approximate surface area is 159 Å². The van der Waals surface area contributed by atoms with Crippen LogP contribution in [0.4, 0.5) is 11.4 Å². The summed E-state index contributed by atoms with van der Waals surface area (Å²) in [6, 6.07) is 17.0. The van der Waals surface area contributed by atoms with Gasteiger partial charge in [0.05, 0.1) is 0 Å². The van der Waals surface area contributed by atoms with E-state index < -0.39 is 0 Å². The number of likely N-dealkylation sites (N-methyl/N-ethyl adjacent to an activating group) is 1. The number of hydrogen-bond donors (Lipinski definition) is 3. The standard InChI is InChI=1S/C21H24N4S/c1-25(2)16-9-11-20-18(13-16)17-12-15(8-10-19(17)24-20)23-21(26)22-14-6-4-3-5-7-14/h3-8,10,12,16,24H,9,11,13H2,1-2H3,(H2,22,23,26). The summed E-state index contributed by atoms with van der Waals surface area (Å²) in [4.78, 5) is 5.94. The second kappa shape index (κ2) is 7.09. The fourth-order valence-electron chi connectivity index (χ4n) is 3.73. The zero-order valence-electron chi connectivity index (χ0n) is 15.2. The number of aromatic amines is 1. The van der Waals surface area contributed by atoms with Crippen molar-refractivity contribution >= 4 is 39.6 Å². The monoisotopic (exact) mass is 364 g/mol. The van der Waals surface area contributed by atoms with Crippen LogP contribution in [-0.2, 0) is 12.8 Å². The van der Waals surface area contributed by atoms with E-state index in [-0.39, 0.29) is 0 Å². The minimum absolute atomic E-state index is 0.603. The SMILES string of the molecule is CN(C)C1CCc2[nH]c3ccc(NC(=S)Nc4ccccc4)cc3c2C1. The highest BCUT2D eigenvalue weighted by Crippen LogP contribution is 2.32. The Kier molecular flexibility index (Phi) is 4.66. The molecule has 0 aliphatic heterocycles. The van der Waals surface area contributed by atoms with Crippen molar-refractivity contribution in [2.45, 2.75) is 25.3 Å². The Balaban J connectivity index is 1.56. The number of anilines is 2. The number of H-pyrrole nitrogens is 1. The van der Waals surface area contributed by atoms with Gasteiger partial charge in [0.15, 0.2) is 5.11 Å². The van der Waals surface area contributed by atoms with Gasteiger partial charge in [0.25, 0.3) is 0 Å². The molecule has 134 valence electrons. The van der Waals surface area contributed by atoms with Crippen molar-refractivity contribution in [3.8, 4) is 0 Å². The smallest absolute Gasteiger partial charge is 0.175 e. The molecule has 1 heterocycles. The van der Waals surface area contributed by atoms with Crippen LogP contribution in [0, 0.1) is 0 Å². The van der Waals surface area contributed by atoms with Crippen molar-refractivity contribution in [2.75, 3.05) is 24.7 Å². The van der Waals surface area contributed by atoms with Gasteiger partial charge in [-0.05, 0) is 81.5 Å². The minimum Gasteiger partial charge on any atom is -0.358 e. The van der Waals surface area contributed by atoms with Crippen molar-refractivity contribution in [1.29, 1.82) is 0 Å². The number of rotatable bonds is 3. The molecule has 3 N–H and O–H groups in total. The Morgan fingerprint density at radius 3 is 2.62 bits per heavy atom. The Morgan fingerprint density at radius 1 is 1.08 bits per heavy atom. The predicted octanol–water partition coefficient (Wildman–Crippen LogP) is 4.40. The summed E-state index contributed by atoms with van der Waals surface area (Å²) >= 11 is 5.46. The molecule has 2 aromatic carbocycles. The summed E-state index contributed by atoms with van der Waals surface area (Å²) in [5.74, 6) is 0. The summed E-state index contributed by atoms with van der Waals surface area (Å²) in [5, 5.41) is 8.44. The van der Waals surface area contributed by atoms with E-state index >= 15 is 0 Å². The van der Waals surface area contributed by atoms with Crippen LogP contribution in [0.2, 0.25) is 0 Å². The molecule has 5 heteroatoms. The molecule has 1 unspecified atom stereocenters. The van der Waals surface area contributed by atoms with E-state index in [0.29, 0.717) is 11.2 Å². The normalized spacial score (nSPS) is 16.5. The molecular weight excluding hydrogens is 340 g/mol. The average molecular weight is 365 g/mol. The maximum Gasteiger partial charge on any atom is 0.175 e. The first-order valence-electron chi connectivity index (χ1n) is 9.03. The van der Waals surface area contributed by atoms with Gasteiger partial charge in [-0.15, -0.1) is 0 Å². The van der Waals surface area contributed by atoms with Gasteiger partial charge in [0.1, 0.15) is 0 Å². The summed E-state index contributed by atoms with van der Waals surface area (Å²) in [6.45, 7) is 0. The lowest BCUT2D eigenvalue weighted by Crippen LogP contribution is -2.33. The Hall–Kier alpha value is -2.37. The molecule has 0 spiro atoms. The highest BCUT2D eigenvalue weighted by molar-refractivity contribution is 7.80. The molecule has 0 fully saturated rings. The molecule has 26 heavy (non-hydrogen) atoms. The molecule has 4 nitrogen and oxygen atoms in total. The van der Waals surface area contributed by atoms with E-state index in [1.165, 1.54) is 28.6 Å². The van der Waals surface area contributed by atoms with Crippen LogP contribution >= 0.6 is 12.2 Å². The van der Waals surface area contributed by atoms with Crippen molar-refractivity contribution in [3.05, 3.63) is 59.8 Å². The summed E-state index contributed by atoms with van der Waals surface area (Å²) in [7, 11) is 4.34. The number of thiocarbonyl (C=S) groups is 1. The lowest BCUT2D eigenvalue weighted by Gasteiger charge is -2.28. The molecule has 1 aliphatic carbocycles. The van der Waals surface area contributed by atoms with Crippen LogP contribution in [0.25, 0.3) is 10.9 Å². The van der Waals surface area contributed by atoms with Crippen LogP contribution < -0.4 is 10.6 Å². The zero-order chi connectivity index (χ0) is 18.1. The van der Waals surface area contributed by atoms with Gasteiger partial charge in [-0.3, -0.25) is 0 Å². The van der Waals surface area contributed by atoms with Gasteiger partial charge in [0, 0.05) is 34.0 Å². The van der Waals surface area contributed by atoms with Gasteiger partial charge >= 0.3 is 0 Å². The van der Waals surface area contributed by atoms with E-state index in [4.69, 9.17) is 12.2 Å². The Bertz CT molecular complexity index is 930. The van der Waals surface area contributed by atoms with Crippen LogP contribution in [-0.4, -0.2) is 35.1 Å². The number of fused-ring (bicyclic) bond motifs is 3. The zero-order valence-corrected chi connectivity index (χ0v) is 16.0. The van der Waals surface area contributed by atoms with Crippen LogP contribution in [0.15, 0.2) is 48.5 Å². The molecule has 0 radical (unpaired) electrons. The van der Waals surface area contributed by atoms with E-state index in [1.54, 1.807) is 0 Å². The molecule has 0 saturated heterocycles. The predicted molar refractivity (Wildman–Crippen MR) is 114 cm³/mol. The second-order valence-corrected chi connectivity index (χ2v) is 7.56. The van der Waals surface area contributed by atoms with E-state index in [1.807, 2.05) is 30.3 Å². The van der Waals surface area contributed by atoms with Gasteiger partial charge in [-0.1, -0.05) is 18.2 Å². The maximum absolute atomic E-state index is 5.46. The first kappa shape index (κ1) is 17.1. The third-order valence-electron chi connectivity index (χ3n) is 5.18. The van der Waals surface area contributed by atoms with Gasteiger partial charge in [-0.25, -0.2) is 0 Å². The third-order valence-corrected chi connectivity index (χ3v) is 5.39. The summed E-state index contributed by atoms with van der Waals surface area (Å²) in [5.41, 5.74) is 6.05. The van der Waals surface area contributed by atoms with Crippen LogP contribution in [0.5, 0.6) is 0 Å². The molecule has 1 aliphatic rings. The number of para-hydroxylation sites is 1. The molecule has 1 aromatic heterocycles. The third kappa shape index (κ3) is 3.45. The number of hydrogen-bond acceptors (Lipinski definition) is 2. The average Bonchev–Trinajstić information content (AvgIpc) is 2.99. The quantitative estimate of drug-likeness (QED) is 0.603. The molecule has 0 saturated carbocycles. The first-order chi connectivity index (χ1) is 12.6. The van der Waals surface area contributed by atoms with Crippen molar-refractivity contribution < 1.29 is 0 Å². The van der Waals surface area contributed by atoms with Crippen molar-refractivity contribution in [3.63, 3.8) is 0 Å². The number of aryl methyl sites for hydroxylation is 1. The lowest BCUT2D eigenvalue weighted by molar-refractivity contribution is 0.268. The van der Waals surface area contributed by atoms with Crippen molar-refractivity contribution in [2.24, 2.45) is 0 Å². The van der Waals surface area contributed by atoms with Gasteiger partial charge in [-0.2, -0.15) is 0 Å². The number of nitrogens with one attached hydrogen (secondary N) is 3. The van der Waals surface area contributed by atoms with E-state index in [0.717, 1.165) is 24.2 Å². The van der Waals surface area contributed by atoms with Gasteiger partial charge in [0.2, 0.25) is 0 Å². The fourth-order valence-corrected chi connectivity index (χ4v) is 3.97. The topological polar surface area (TPSA) is 43.1 Å². The minimum atomic E-state index is 0.603. The maximum atomic E-state index is 5.46. The van der Waals surface area contributed by atoms with E-state index in [2.05, 4.69) is 52.8 Å². The highest BCUT2D eigenvalue weighted by Gasteiger charge is 2.23. The number of benzene rings is 2. The lowest BCUT2D eigenvalue weighted by atomic mass is 9.91. The van der Waals surface area contributed by atoms with Crippen LogP contribution in [0.1, 0.15) is 17.7 Å². The Morgan fingerprint density at radius 2 is 1.85 bits per heavy atom. The molecule has 0 amide bonds. The first-order valence-corrected chi connectivity index (χ1v) is 9.44. The molecular formula is C21H24N4S. The van der Waals surface area contributed by atoms with Crippen LogP contribution in [0.3, 0.4) is 0 Å². The molecule has 4 rings (SSSR count). The van der Waals surface area contributed by atoms with E-state index in [9.17, 15) is 0 Å².